The Bertz CT molecular complexity index is 584. The fourth-order valence-electron chi connectivity index (χ4n) is 2.46. The van der Waals surface area contributed by atoms with Gasteiger partial charge >= 0.3 is 0 Å². The molecule has 18 heavy (non-hydrogen) atoms. The summed E-state index contributed by atoms with van der Waals surface area (Å²) in [5, 5.41) is 1.55. The van der Waals surface area contributed by atoms with Crippen molar-refractivity contribution in [3.05, 3.63) is 35.0 Å². The molecule has 0 aliphatic carbocycles. The highest BCUT2D eigenvalue weighted by atomic mass is 35.5. The lowest BCUT2D eigenvalue weighted by Gasteiger charge is -2.20. The van der Waals surface area contributed by atoms with Crippen LogP contribution in [-0.4, -0.2) is 24.0 Å². The number of H-pyrrole nitrogens is 1. The Labute approximate surface area is 110 Å². The Morgan fingerprint density at radius 3 is 3.11 bits per heavy atom. The van der Waals surface area contributed by atoms with Crippen LogP contribution in [0.5, 0.6) is 0 Å². The van der Waals surface area contributed by atoms with Gasteiger partial charge in [0.2, 0.25) is 0 Å². The van der Waals surface area contributed by atoms with Crippen molar-refractivity contribution < 1.29 is 9.53 Å². The number of benzene rings is 1. The first-order valence-electron chi connectivity index (χ1n) is 6.14. The molecule has 94 valence electrons. The molecule has 1 N–H and O–H groups in total. The molecule has 3 rings (SSSR count). The van der Waals surface area contributed by atoms with E-state index in [1.807, 2.05) is 18.2 Å². The molecule has 1 aromatic carbocycles. The number of ether oxygens (including phenoxy) is 1. The molecule has 3 nitrogen and oxygen atoms in total. The normalized spacial score (nSPS) is 20.2. The van der Waals surface area contributed by atoms with Crippen LogP contribution in [0, 0.1) is 5.92 Å². The third-order valence-corrected chi connectivity index (χ3v) is 3.68. The molecular weight excluding hydrogens is 250 g/mol. The molecule has 2 heterocycles. The number of hydrogen-bond acceptors (Lipinski definition) is 2. The first-order valence-corrected chi connectivity index (χ1v) is 6.52. The molecule has 1 aliphatic heterocycles. The highest BCUT2D eigenvalue weighted by molar-refractivity contribution is 6.31. The van der Waals surface area contributed by atoms with Crippen LogP contribution in [0.15, 0.2) is 24.4 Å². The van der Waals surface area contributed by atoms with E-state index in [0.717, 1.165) is 35.9 Å². The lowest BCUT2D eigenvalue weighted by atomic mass is 9.92. The summed E-state index contributed by atoms with van der Waals surface area (Å²) in [5.74, 6) is 0.139. The van der Waals surface area contributed by atoms with Crippen LogP contribution < -0.4 is 0 Å². The number of hydrogen-bond donors (Lipinski definition) is 1. The second-order valence-corrected chi connectivity index (χ2v) is 5.11. The highest BCUT2D eigenvalue weighted by Gasteiger charge is 2.24. The van der Waals surface area contributed by atoms with Crippen molar-refractivity contribution in [3.63, 3.8) is 0 Å². The summed E-state index contributed by atoms with van der Waals surface area (Å²) >= 11 is 5.99. The highest BCUT2D eigenvalue weighted by Crippen LogP contribution is 2.26. The van der Waals surface area contributed by atoms with Crippen LogP contribution in [-0.2, 0) is 4.74 Å². The van der Waals surface area contributed by atoms with Crippen molar-refractivity contribution in [2.75, 3.05) is 13.2 Å². The third kappa shape index (κ3) is 2.04. The second kappa shape index (κ2) is 4.75. The second-order valence-electron chi connectivity index (χ2n) is 4.67. The van der Waals surface area contributed by atoms with E-state index in [-0.39, 0.29) is 11.7 Å². The summed E-state index contributed by atoms with van der Waals surface area (Å²) in [6.45, 7) is 1.30. The Kier molecular flexibility index (Phi) is 3.10. The van der Waals surface area contributed by atoms with Crippen molar-refractivity contribution >= 4 is 28.3 Å². The molecule has 0 bridgehead atoms. The van der Waals surface area contributed by atoms with E-state index in [2.05, 4.69) is 4.98 Å². The maximum absolute atomic E-state index is 12.4. The zero-order valence-corrected chi connectivity index (χ0v) is 10.7. The van der Waals surface area contributed by atoms with Gasteiger partial charge in [-0.3, -0.25) is 4.79 Å². The third-order valence-electron chi connectivity index (χ3n) is 3.44. The van der Waals surface area contributed by atoms with Gasteiger partial charge in [-0.25, -0.2) is 0 Å². The number of Topliss-reactive ketones (excluding diaryl/α,β-unsaturated/α-hetero) is 1. The fraction of sp³-hybridized carbons (Fsp3) is 0.357. The average Bonchev–Trinajstić information content (AvgIpc) is 2.82. The lowest BCUT2D eigenvalue weighted by molar-refractivity contribution is 0.0462. The van der Waals surface area contributed by atoms with Crippen LogP contribution in [0.25, 0.3) is 10.9 Å². The minimum absolute atomic E-state index is 0.0169. The van der Waals surface area contributed by atoms with Gasteiger partial charge in [-0.1, -0.05) is 11.6 Å². The number of ketones is 1. The predicted molar refractivity (Wildman–Crippen MR) is 71.2 cm³/mol. The maximum Gasteiger partial charge on any atom is 0.170 e. The van der Waals surface area contributed by atoms with Crippen molar-refractivity contribution in [2.45, 2.75) is 12.8 Å². The molecule has 1 aliphatic rings. The van der Waals surface area contributed by atoms with Gasteiger partial charge in [0.05, 0.1) is 6.61 Å². The van der Waals surface area contributed by atoms with Gasteiger partial charge in [0, 0.05) is 40.2 Å². The number of aromatic amines is 1. The molecule has 0 saturated carbocycles. The van der Waals surface area contributed by atoms with E-state index in [1.165, 1.54) is 0 Å². The first kappa shape index (κ1) is 11.8. The summed E-state index contributed by atoms with van der Waals surface area (Å²) in [6.07, 6.45) is 3.64. The predicted octanol–water partition coefficient (Wildman–Crippen LogP) is 3.43. The summed E-state index contributed by atoms with van der Waals surface area (Å²) in [6, 6.07) is 5.55. The van der Waals surface area contributed by atoms with Gasteiger partial charge in [-0.2, -0.15) is 0 Å². The molecule has 0 radical (unpaired) electrons. The molecule has 0 amide bonds. The van der Waals surface area contributed by atoms with Crippen molar-refractivity contribution in [3.8, 4) is 0 Å². The topological polar surface area (TPSA) is 42.1 Å². The van der Waals surface area contributed by atoms with Crippen LogP contribution in [0.1, 0.15) is 23.2 Å². The van der Waals surface area contributed by atoms with Gasteiger partial charge < -0.3 is 9.72 Å². The molecule has 4 heteroatoms. The van der Waals surface area contributed by atoms with Crippen molar-refractivity contribution in [1.82, 2.24) is 4.98 Å². The number of nitrogens with one attached hydrogen (secondary N) is 1. The number of halogens is 1. The smallest absolute Gasteiger partial charge is 0.170 e. The molecule has 0 spiro atoms. The van der Waals surface area contributed by atoms with Crippen molar-refractivity contribution in [1.29, 1.82) is 0 Å². The fourth-order valence-corrected chi connectivity index (χ4v) is 2.64. The minimum atomic E-state index is -0.0169. The maximum atomic E-state index is 12.4. The molecule has 1 fully saturated rings. The number of rotatable bonds is 2. The minimum Gasteiger partial charge on any atom is -0.381 e. The average molecular weight is 264 g/mol. The van der Waals surface area contributed by atoms with Crippen LogP contribution >= 0.6 is 11.6 Å². The zero-order chi connectivity index (χ0) is 12.5. The largest absolute Gasteiger partial charge is 0.381 e. The van der Waals surface area contributed by atoms with Crippen molar-refractivity contribution in [2.24, 2.45) is 5.92 Å². The molecule has 1 saturated heterocycles. The van der Waals surface area contributed by atoms with Gasteiger partial charge in [0.25, 0.3) is 0 Å². The van der Waals surface area contributed by atoms with Gasteiger partial charge in [-0.15, -0.1) is 0 Å². The van der Waals surface area contributed by atoms with Gasteiger partial charge in [0.1, 0.15) is 0 Å². The molecular formula is C14H14ClNO2. The SMILES string of the molecule is O=C(c1c[nH]c2ccc(Cl)cc12)C1CCCOC1. The number of carbonyl (C=O) groups excluding carboxylic acids is 1. The molecule has 1 atom stereocenters. The Morgan fingerprint density at radius 2 is 2.33 bits per heavy atom. The summed E-state index contributed by atoms with van der Waals surface area (Å²) in [5.41, 5.74) is 1.67. The number of carbonyl (C=O) groups is 1. The molecule has 2 aromatic rings. The van der Waals surface area contributed by atoms with Crippen LogP contribution in [0.4, 0.5) is 0 Å². The number of aromatic nitrogens is 1. The van der Waals surface area contributed by atoms with Crippen LogP contribution in [0.3, 0.4) is 0 Å². The van der Waals surface area contributed by atoms with Gasteiger partial charge in [-0.05, 0) is 31.0 Å². The first-order chi connectivity index (χ1) is 8.75. The summed E-state index contributed by atoms with van der Waals surface area (Å²) < 4.78 is 5.38. The van der Waals surface area contributed by atoms with Gasteiger partial charge in [0.15, 0.2) is 5.78 Å². The van der Waals surface area contributed by atoms with E-state index in [1.54, 1.807) is 6.20 Å². The van der Waals surface area contributed by atoms with Crippen LogP contribution in [0.2, 0.25) is 5.02 Å². The standard InChI is InChI=1S/C14H14ClNO2/c15-10-3-4-13-11(6-10)12(7-16-13)14(17)9-2-1-5-18-8-9/h3-4,6-7,9,16H,1-2,5,8H2. The Balaban J connectivity index is 1.98. The summed E-state index contributed by atoms with van der Waals surface area (Å²) in [7, 11) is 0. The molecule has 1 aromatic heterocycles. The summed E-state index contributed by atoms with van der Waals surface area (Å²) in [4.78, 5) is 15.6. The van der Waals surface area contributed by atoms with E-state index in [0.29, 0.717) is 11.6 Å². The van der Waals surface area contributed by atoms with E-state index in [9.17, 15) is 4.79 Å². The zero-order valence-electron chi connectivity index (χ0n) is 9.91. The van der Waals surface area contributed by atoms with E-state index in [4.69, 9.17) is 16.3 Å². The van der Waals surface area contributed by atoms with E-state index < -0.39 is 0 Å². The Hall–Kier alpha value is -1.32. The quantitative estimate of drug-likeness (QED) is 0.844. The lowest BCUT2D eigenvalue weighted by Crippen LogP contribution is -2.25. The van der Waals surface area contributed by atoms with E-state index >= 15 is 0 Å². The Morgan fingerprint density at radius 1 is 1.44 bits per heavy atom. The monoisotopic (exact) mass is 263 g/mol. The number of fused-ring (bicyclic) bond motifs is 1. The molecule has 1 unspecified atom stereocenters.